The van der Waals surface area contributed by atoms with Crippen LogP contribution in [-0.2, 0) is 13.0 Å². The van der Waals surface area contributed by atoms with Gasteiger partial charge in [0.2, 0.25) is 0 Å². The first kappa shape index (κ1) is 14.2. The molecule has 2 aromatic carbocycles. The largest absolute Gasteiger partial charge is 0.312 e. The molecule has 4 heteroatoms. The van der Waals surface area contributed by atoms with Crippen LogP contribution >= 0.6 is 0 Å². The fourth-order valence-electron chi connectivity index (χ4n) is 2.08. The first-order chi connectivity index (χ1) is 9.66. The molecule has 4 nitrogen and oxygen atoms in total. The molecule has 0 radical (unpaired) electrons. The number of benzene rings is 2. The van der Waals surface area contributed by atoms with Crippen LogP contribution in [0.15, 0.2) is 48.5 Å². The summed E-state index contributed by atoms with van der Waals surface area (Å²) in [5, 5.41) is 13.9. The quantitative estimate of drug-likeness (QED) is 0.498. The second-order valence-electron chi connectivity index (χ2n) is 4.78. The fourth-order valence-corrected chi connectivity index (χ4v) is 2.08. The zero-order chi connectivity index (χ0) is 14.4. The number of hydrogen-bond acceptors (Lipinski definition) is 3. The Morgan fingerprint density at radius 2 is 1.80 bits per heavy atom. The summed E-state index contributed by atoms with van der Waals surface area (Å²) in [6.07, 6.45) is 0.986. The van der Waals surface area contributed by atoms with E-state index in [-0.39, 0.29) is 10.6 Å². The van der Waals surface area contributed by atoms with Gasteiger partial charge in [0.05, 0.1) is 4.92 Å². The predicted octanol–water partition coefficient (Wildman–Crippen LogP) is 3.24. The van der Waals surface area contributed by atoms with E-state index in [2.05, 4.69) is 30.4 Å². The van der Waals surface area contributed by atoms with Crippen LogP contribution in [0.5, 0.6) is 0 Å². The lowest BCUT2D eigenvalue weighted by atomic mass is 10.1. The number of nitro benzene ring substituents is 1. The van der Waals surface area contributed by atoms with Gasteiger partial charge >= 0.3 is 0 Å². The summed E-state index contributed by atoms with van der Waals surface area (Å²) in [5.74, 6) is 0. The van der Waals surface area contributed by atoms with Crippen molar-refractivity contribution in [3.8, 4) is 0 Å². The van der Waals surface area contributed by atoms with Gasteiger partial charge in [0.15, 0.2) is 0 Å². The van der Waals surface area contributed by atoms with Crippen LogP contribution < -0.4 is 5.32 Å². The van der Waals surface area contributed by atoms with E-state index in [0.717, 1.165) is 25.1 Å². The van der Waals surface area contributed by atoms with Crippen LogP contribution in [0.4, 0.5) is 5.69 Å². The van der Waals surface area contributed by atoms with Crippen LogP contribution in [0.25, 0.3) is 0 Å². The summed E-state index contributed by atoms with van der Waals surface area (Å²) in [4.78, 5) is 10.2. The highest BCUT2D eigenvalue weighted by Crippen LogP contribution is 2.12. The van der Waals surface area contributed by atoms with Crippen molar-refractivity contribution in [1.29, 1.82) is 0 Å². The highest BCUT2D eigenvalue weighted by atomic mass is 16.6. The highest BCUT2D eigenvalue weighted by Gasteiger charge is 2.03. The molecular weight excluding hydrogens is 252 g/mol. The van der Waals surface area contributed by atoms with E-state index in [0.29, 0.717) is 0 Å². The Balaban J connectivity index is 1.79. The molecule has 0 heterocycles. The molecular formula is C16H18N2O2. The van der Waals surface area contributed by atoms with E-state index >= 15 is 0 Å². The topological polar surface area (TPSA) is 55.2 Å². The first-order valence-electron chi connectivity index (χ1n) is 6.65. The van der Waals surface area contributed by atoms with Gasteiger partial charge in [-0.05, 0) is 36.6 Å². The third kappa shape index (κ3) is 3.90. The third-order valence-electron chi connectivity index (χ3n) is 3.31. The number of aryl methyl sites for hydroxylation is 1. The van der Waals surface area contributed by atoms with Crippen molar-refractivity contribution < 1.29 is 4.92 Å². The Kier molecular flexibility index (Phi) is 4.85. The maximum absolute atomic E-state index is 10.6. The predicted molar refractivity (Wildman–Crippen MR) is 79.7 cm³/mol. The Labute approximate surface area is 118 Å². The smallest absolute Gasteiger partial charge is 0.269 e. The van der Waals surface area contributed by atoms with Crippen LogP contribution in [0.3, 0.4) is 0 Å². The van der Waals surface area contributed by atoms with Gasteiger partial charge in [-0.3, -0.25) is 10.1 Å². The summed E-state index contributed by atoms with van der Waals surface area (Å²) in [6.45, 7) is 3.73. The Bertz CT molecular complexity index is 579. The van der Waals surface area contributed by atoms with Gasteiger partial charge in [-0.25, -0.2) is 0 Å². The fraction of sp³-hybridized carbons (Fsp3) is 0.250. The van der Waals surface area contributed by atoms with Crippen molar-refractivity contribution in [2.45, 2.75) is 19.9 Å². The van der Waals surface area contributed by atoms with Crippen molar-refractivity contribution in [3.05, 3.63) is 75.3 Å². The lowest BCUT2D eigenvalue weighted by Gasteiger charge is -2.07. The number of non-ortho nitro benzene ring substituents is 1. The van der Waals surface area contributed by atoms with Gasteiger partial charge in [-0.2, -0.15) is 0 Å². The SMILES string of the molecule is Cc1ccccc1CCNCc1ccc([N+](=O)[O-])cc1. The number of hydrogen-bond donors (Lipinski definition) is 1. The highest BCUT2D eigenvalue weighted by molar-refractivity contribution is 5.32. The summed E-state index contributed by atoms with van der Waals surface area (Å²) in [5.41, 5.74) is 3.85. The minimum atomic E-state index is -0.380. The Morgan fingerprint density at radius 3 is 2.45 bits per heavy atom. The molecule has 20 heavy (non-hydrogen) atoms. The minimum absolute atomic E-state index is 0.133. The molecule has 0 bridgehead atoms. The first-order valence-corrected chi connectivity index (χ1v) is 6.65. The Hall–Kier alpha value is -2.20. The molecule has 1 N–H and O–H groups in total. The van der Waals surface area contributed by atoms with Crippen LogP contribution in [0.2, 0.25) is 0 Å². The summed E-state index contributed by atoms with van der Waals surface area (Å²) < 4.78 is 0. The van der Waals surface area contributed by atoms with Gasteiger partial charge in [0.1, 0.15) is 0 Å². The molecule has 104 valence electrons. The second kappa shape index (κ2) is 6.82. The maximum Gasteiger partial charge on any atom is 0.269 e. The lowest BCUT2D eigenvalue weighted by Crippen LogP contribution is -2.17. The Morgan fingerprint density at radius 1 is 1.10 bits per heavy atom. The summed E-state index contributed by atoms with van der Waals surface area (Å²) in [7, 11) is 0. The standard InChI is InChI=1S/C16H18N2O2/c1-13-4-2-3-5-15(13)10-11-17-12-14-6-8-16(9-7-14)18(19)20/h2-9,17H,10-12H2,1H3. The molecule has 0 saturated heterocycles. The van der Waals surface area contributed by atoms with Crippen LogP contribution in [-0.4, -0.2) is 11.5 Å². The molecule has 0 fully saturated rings. The van der Waals surface area contributed by atoms with Gasteiger partial charge in [0.25, 0.3) is 5.69 Å². The van der Waals surface area contributed by atoms with Crippen molar-refractivity contribution in [3.63, 3.8) is 0 Å². The third-order valence-corrected chi connectivity index (χ3v) is 3.31. The van der Waals surface area contributed by atoms with E-state index < -0.39 is 0 Å². The van der Waals surface area contributed by atoms with Crippen LogP contribution in [0, 0.1) is 17.0 Å². The van der Waals surface area contributed by atoms with E-state index in [1.165, 1.54) is 11.1 Å². The molecule has 0 unspecified atom stereocenters. The zero-order valence-electron chi connectivity index (χ0n) is 11.5. The maximum atomic E-state index is 10.6. The lowest BCUT2D eigenvalue weighted by molar-refractivity contribution is -0.384. The molecule has 2 rings (SSSR count). The molecule has 0 spiro atoms. The number of nitro groups is 1. The van der Waals surface area contributed by atoms with Gasteiger partial charge in [0, 0.05) is 18.7 Å². The molecule has 0 atom stereocenters. The zero-order valence-corrected chi connectivity index (χ0v) is 11.5. The van der Waals surface area contributed by atoms with Crippen molar-refractivity contribution >= 4 is 5.69 Å². The molecule has 0 aliphatic heterocycles. The minimum Gasteiger partial charge on any atom is -0.312 e. The average molecular weight is 270 g/mol. The molecule has 2 aromatic rings. The molecule has 0 saturated carbocycles. The average Bonchev–Trinajstić information content (AvgIpc) is 2.46. The summed E-state index contributed by atoms with van der Waals surface area (Å²) >= 11 is 0. The van der Waals surface area contributed by atoms with Gasteiger partial charge < -0.3 is 5.32 Å². The van der Waals surface area contributed by atoms with E-state index in [4.69, 9.17) is 0 Å². The van der Waals surface area contributed by atoms with Crippen LogP contribution in [0.1, 0.15) is 16.7 Å². The van der Waals surface area contributed by atoms with Gasteiger partial charge in [-0.1, -0.05) is 36.4 Å². The van der Waals surface area contributed by atoms with E-state index in [9.17, 15) is 10.1 Å². The van der Waals surface area contributed by atoms with E-state index in [1.807, 2.05) is 6.07 Å². The normalized spacial score (nSPS) is 10.4. The molecule has 0 aliphatic carbocycles. The van der Waals surface area contributed by atoms with Crippen molar-refractivity contribution in [1.82, 2.24) is 5.32 Å². The molecule has 0 aliphatic rings. The van der Waals surface area contributed by atoms with E-state index in [1.54, 1.807) is 24.3 Å². The molecule has 0 aromatic heterocycles. The molecule has 0 amide bonds. The number of nitrogens with zero attached hydrogens (tertiary/aromatic N) is 1. The number of nitrogens with one attached hydrogen (secondary N) is 1. The second-order valence-corrected chi connectivity index (χ2v) is 4.78. The van der Waals surface area contributed by atoms with Crippen molar-refractivity contribution in [2.24, 2.45) is 0 Å². The monoisotopic (exact) mass is 270 g/mol. The summed E-state index contributed by atoms with van der Waals surface area (Å²) in [6, 6.07) is 15.0. The van der Waals surface area contributed by atoms with Gasteiger partial charge in [-0.15, -0.1) is 0 Å². The number of rotatable bonds is 6. The van der Waals surface area contributed by atoms with Crippen molar-refractivity contribution in [2.75, 3.05) is 6.54 Å².